The Morgan fingerprint density at radius 2 is 1.97 bits per heavy atom. The summed E-state index contributed by atoms with van der Waals surface area (Å²) in [6, 6.07) is 2.77. The molecule has 1 aliphatic rings. The van der Waals surface area contributed by atoms with Crippen molar-refractivity contribution >= 4 is 11.5 Å². The summed E-state index contributed by atoms with van der Waals surface area (Å²) in [5, 5.41) is 0. The molecule has 2 heterocycles. The first-order chi connectivity index (χ1) is 13.6. The van der Waals surface area contributed by atoms with E-state index in [-0.39, 0.29) is 11.3 Å². The molecule has 29 heavy (non-hydrogen) atoms. The Labute approximate surface area is 168 Å². The number of allylic oxidation sites excluding steroid dienone is 5. The Morgan fingerprint density at radius 3 is 2.59 bits per heavy atom. The van der Waals surface area contributed by atoms with E-state index in [1.54, 1.807) is 24.3 Å². The van der Waals surface area contributed by atoms with Crippen molar-refractivity contribution in [2.75, 3.05) is 14.1 Å². The van der Waals surface area contributed by atoms with E-state index < -0.39 is 11.9 Å². The third-order valence-corrected chi connectivity index (χ3v) is 3.79. The second kappa shape index (κ2) is 9.09. The number of aliphatic imine (C=N–C) groups is 1. The molecule has 1 aromatic heterocycles. The van der Waals surface area contributed by atoms with Gasteiger partial charge in [-0.3, -0.25) is 15.8 Å². The van der Waals surface area contributed by atoms with Crippen LogP contribution in [-0.2, 0) is 6.18 Å². The zero-order valence-corrected chi connectivity index (χ0v) is 16.2. The molecule has 0 spiro atoms. The SMILES string of the molecule is C=C/C=C(/C(=C)N=C1C=CC(=C)/C=C(/c2cccnc2C(F)(F)F)NN1)N(C)C. The van der Waals surface area contributed by atoms with Gasteiger partial charge in [0, 0.05) is 25.9 Å². The molecule has 0 saturated carbocycles. The van der Waals surface area contributed by atoms with Crippen LogP contribution >= 0.6 is 0 Å². The largest absolute Gasteiger partial charge is 0.434 e. The molecule has 0 bridgehead atoms. The van der Waals surface area contributed by atoms with E-state index in [1.807, 2.05) is 19.0 Å². The molecule has 0 amide bonds. The van der Waals surface area contributed by atoms with Crippen LogP contribution in [-0.4, -0.2) is 29.8 Å². The Kier molecular flexibility index (Phi) is 6.82. The highest BCUT2D eigenvalue weighted by Gasteiger charge is 2.36. The summed E-state index contributed by atoms with van der Waals surface area (Å²) in [6.07, 6.45) is 4.64. The van der Waals surface area contributed by atoms with Gasteiger partial charge in [-0.15, -0.1) is 0 Å². The predicted molar refractivity (Wildman–Crippen MR) is 110 cm³/mol. The zero-order chi connectivity index (χ0) is 21.6. The Balaban J connectivity index is 2.38. The average Bonchev–Trinajstić information content (AvgIpc) is 2.64. The van der Waals surface area contributed by atoms with Gasteiger partial charge in [0.05, 0.1) is 17.1 Å². The lowest BCUT2D eigenvalue weighted by Gasteiger charge is -2.20. The first-order valence-electron chi connectivity index (χ1n) is 8.54. The molecule has 0 saturated heterocycles. The zero-order valence-electron chi connectivity index (χ0n) is 16.2. The van der Waals surface area contributed by atoms with Crippen molar-refractivity contribution in [3.8, 4) is 0 Å². The highest BCUT2D eigenvalue weighted by Crippen LogP contribution is 2.32. The van der Waals surface area contributed by atoms with Gasteiger partial charge in [0.2, 0.25) is 0 Å². The molecule has 0 aliphatic carbocycles. The van der Waals surface area contributed by atoms with Gasteiger partial charge in [0.1, 0.15) is 5.84 Å². The first-order valence-corrected chi connectivity index (χ1v) is 8.54. The summed E-state index contributed by atoms with van der Waals surface area (Å²) >= 11 is 0. The molecule has 5 nitrogen and oxygen atoms in total. The number of aromatic nitrogens is 1. The molecule has 8 heteroatoms. The second-order valence-electron chi connectivity index (χ2n) is 6.24. The highest BCUT2D eigenvalue weighted by atomic mass is 19.4. The number of likely N-dealkylation sites (N-methyl/N-ethyl adjacent to an activating group) is 1. The topological polar surface area (TPSA) is 52.6 Å². The maximum atomic E-state index is 13.3. The van der Waals surface area contributed by atoms with Gasteiger partial charge in [-0.05, 0) is 35.9 Å². The van der Waals surface area contributed by atoms with Crippen LogP contribution in [0.25, 0.3) is 5.70 Å². The van der Waals surface area contributed by atoms with Crippen molar-refractivity contribution < 1.29 is 13.2 Å². The van der Waals surface area contributed by atoms with E-state index >= 15 is 0 Å². The molecule has 0 radical (unpaired) electrons. The molecule has 0 fully saturated rings. The number of hydrogen-bond acceptors (Lipinski definition) is 4. The van der Waals surface area contributed by atoms with E-state index in [0.717, 1.165) is 11.9 Å². The van der Waals surface area contributed by atoms with Crippen molar-refractivity contribution in [2.45, 2.75) is 6.18 Å². The van der Waals surface area contributed by atoms with Gasteiger partial charge in [-0.2, -0.15) is 13.2 Å². The maximum absolute atomic E-state index is 13.3. The number of nitrogens with zero attached hydrogens (tertiary/aromatic N) is 3. The number of hydrogen-bond donors (Lipinski definition) is 2. The van der Waals surface area contributed by atoms with Crippen LogP contribution in [0.15, 0.2) is 90.4 Å². The summed E-state index contributed by atoms with van der Waals surface area (Å²) in [5.41, 5.74) is 6.29. The fraction of sp³-hybridized carbons (Fsp3) is 0.143. The fourth-order valence-corrected chi connectivity index (χ4v) is 2.51. The molecule has 0 unspecified atom stereocenters. The van der Waals surface area contributed by atoms with Crippen LogP contribution in [0.3, 0.4) is 0 Å². The van der Waals surface area contributed by atoms with Gasteiger partial charge in [0.15, 0.2) is 5.69 Å². The van der Waals surface area contributed by atoms with Gasteiger partial charge in [-0.1, -0.05) is 31.9 Å². The van der Waals surface area contributed by atoms with E-state index in [9.17, 15) is 13.2 Å². The third kappa shape index (κ3) is 5.71. The van der Waals surface area contributed by atoms with Crippen LogP contribution in [0.5, 0.6) is 0 Å². The van der Waals surface area contributed by atoms with E-state index in [0.29, 0.717) is 17.1 Å². The predicted octanol–water partition coefficient (Wildman–Crippen LogP) is 4.21. The number of nitrogens with one attached hydrogen (secondary N) is 2. The normalized spacial score (nSPS) is 18.1. The molecule has 0 atom stereocenters. The Hall–Kier alpha value is -3.55. The van der Waals surface area contributed by atoms with Crippen molar-refractivity contribution in [2.24, 2.45) is 4.99 Å². The first kappa shape index (κ1) is 21.7. The molecule has 1 aromatic rings. The van der Waals surface area contributed by atoms with Gasteiger partial charge in [0.25, 0.3) is 0 Å². The van der Waals surface area contributed by atoms with Crippen LogP contribution in [0.1, 0.15) is 11.3 Å². The van der Waals surface area contributed by atoms with Gasteiger partial charge >= 0.3 is 6.18 Å². The molecule has 152 valence electrons. The summed E-state index contributed by atoms with van der Waals surface area (Å²) in [6.45, 7) is 11.5. The Morgan fingerprint density at radius 1 is 1.24 bits per heavy atom. The summed E-state index contributed by atoms with van der Waals surface area (Å²) < 4.78 is 40.0. The minimum Gasteiger partial charge on any atom is -0.376 e. The van der Waals surface area contributed by atoms with Crippen molar-refractivity contribution in [1.82, 2.24) is 20.7 Å². The third-order valence-electron chi connectivity index (χ3n) is 3.79. The summed E-state index contributed by atoms with van der Waals surface area (Å²) in [4.78, 5) is 9.72. The van der Waals surface area contributed by atoms with E-state index in [2.05, 4.69) is 40.6 Å². The number of halogens is 3. The number of amidine groups is 1. The Bertz CT molecular complexity index is 934. The van der Waals surface area contributed by atoms with E-state index in [1.165, 1.54) is 18.2 Å². The molecule has 1 aliphatic heterocycles. The highest BCUT2D eigenvalue weighted by molar-refractivity contribution is 5.95. The summed E-state index contributed by atoms with van der Waals surface area (Å²) in [7, 11) is 3.67. The quantitative estimate of drug-likeness (QED) is 0.726. The van der Waals surface area contributed by atoms with Crippen molar-refractivity contribution in [3.05, 3.63) is 96.7 Å². The second-order valence-corrected chi connectivity index (χ2v) is 6.24. The summed E-state index contributed by atoms with van der Waals surface area (Å²) in [5.74, 6) is 0.344. The van der Waals surface area contributed by atoms with Crippen molar-refractivity contribution in [1.29, 1.82) is 0 Å². The minimum atomic E-state index is -4.60. The smallest absolute Gasteiger partial charge is 0.376 e. The standard InChI is InChI=1S/C21H22F3N5/c1-6-8-18(29(4)5)15(3)26-19-11-10-14(2)13-17(27-28-19)16-9-7-12-25-20(16)21(22,23)24/h6-13,27H,1-3H2,4-5H3,(H,26,28)/b11-10?,17-13-,18-8-. The lowest BCUT2D eigenvalue weighted by molar-refractivity contribution is -0.141. The lowest BCUT2D eigenvalue weighted by atomic mass is 10.1. The minimum absolute atomic E-state index is 0.109. The number of pyridine rings is 1. The number of hydrazine groups is 1. The molecule has 0 aromatic carbocycles. The molecular formula is C21H22F3N5. The van der Waals surface area contributed by atoms with Crippen LogP contribution in [0, 0.1) is 0 Å². The van der Waals surface area contributed by atoms with Crippen LogP contribution in [0.4, 0.5) is 13.2 Å². The van der Waals surface area contributed by atoms with Gasteiger partial charge < -0.3 is 4.90 Å². The fourth-order valence-electron chi connectivity index (χ4n) is 2.51. The van der Waals surface area contributed by atoms with E-state index in [4.69, 9.17) is 0 Å². The van der Waals surface area contributed by atoms with Crippen LogP contribution in [0.2, 0.25) is 0 Å². The average molecular weight is 401 g/mol. The molecular weight excluding hydrogens is 379 g/mol. The monoisotopic (exact) mass is 401 g/mol. The maximum Gasteiger partial charge on any atom is 0.434 e. The number of rotatable bonds is 5. The molecule has 2 rings (SSSR count). The number of alkyl halides is 3. The van der Waals surface area contributed by atoms with Gasteiger partial charge in [-0.25, -0.2) is 4.99 Å². The van der Waals surface area contributed by atoms with Crippen molar-refractivity contribution in [3.63, 3.8) is 0 Å². The van der Waals surface area contributed by atoms with Crippen LogP contribution < -0.4 is 10.9 Å². The molecule has 2 N–H and O–H groups in total. The lowest BCUT2D eigenvalue weighted by Crippen LogP contribution is -2.36.